The third-order valence-electron chi connectivity index (χ3n) is 9.61. The van der Waals surface area contributed by atoms with Crippen LogP contribution in [0.1, 0.15) is 64.2 Å². The van der Waals surface area contributed by atoms with E-state index in [-0.39, 0.29) is 17.0 Å². The fourth-order valence-corrected chi connectivity index (χ4v) is 9.70. The highest BCUT2D eigenvalue weighted by Crippen LogP contribution is 2.50. The van der Waals surface area contributed by atoms with Crippen LogP contribution in [-0.4, -0.2) is 53.7 Å². The minimum Gasteiger partial charge on any atom is -1.00 e. The van der Waals surface area contributed by atoms with E-state index >= 15 is 0 Å². The first-order chi connectivity index (χ1) is 22.1. The molecule has 5 heterocycles. The van der Waals surface area contributed by atoms with Gasteiger partial charge in [-0.1, -0.05) is 99.2 Å². The number of rotatable bonds is 2. The van der Waals surface area contributed by atoms with Crippen molar-refractivity contribution < 1.29 is 21.5 Å². The molecule has 2 aromatic heterocycles. The summed E-state index contributed by atoms with van der Waals surface area (Å²) in [6, 6.07) is 27.3. The van der Waals surface area contributed by atoms with Crippen LogP contribution < -0.4 is 26.8 Å². The van der Waals surface area contributed by atoms with Gasteiger partial charge in [0.05, 0.1) is 60.4 Å². The quantitative estimate of drug-likeness (QED) is 0.206. The molecule has 1 saturated heterocycles. The Morgan fingerprint density at radius 3 is 1.39 bits per heavy atom. The van der Waals surface area contributed by atoms with Gasteiger partial charge in [-0.15, -0.1) is 0 Å². The lowest BCUT2D eigenvalue weighted by Crippen LogP contribution is -3.00. The Balaban J connectivity index is 0.00000372. The molecule has 3 aliphatic heterocycles. The zero-order valence-electron chi connectivity index (χ0n) is 27.2. The average molecular weight is 717 g/mol. The van der Waals surface area contributed by atoms with E-state index < -0.39 is 0 Å². The molecule has 0 radical (unpaired) electrons. The molecule has 3 aliphatic rings. The summed E-state index contributed by atoms with van der Waals surface area (Å²) in [6.45, 7) is 2.12. The van der Waals surface area contributed by atoms with Crippen LogP contribution in [0.2, 0.25) is 0 Å². The average Bonchev–Trinajstić information content (AvgIpc) is 3.06. The molecule has 8 heteroatoms. The highest BCUT2D eigenvalue weighted by Gasteiger charge is 2.38. The van der Waals surface area contributed by atoms with E-state index in [0.717, 1.165) is 29.2 Å². The lowest BCUT2D eigenvalue weighted by atomic mass is 10.0. The number of likely N-dealkylation sites (N-methyl/N-ethyl adjacent to an activating group) is 1. The summed E-state index contributed by atoms with van der Waals surface area (Å²) in [4.78, 5) is 20.4. The van der Waals surface area contributed by atoms with Crippen LogP contribution in [0.15, 0.2) is 105 Å². The van der Waals surface area contributed by atoms with Crippen molar-refractivity contribution in [2.24, 2.45) is 0 Å². The van der Waals surface area contributed by atoms with E-state index in [0.29, 0.717) is 12.1 Å². The van der Waals surface area contributed by atoms with Crippen molar-refractivity contribution in [2.75, 3.05) is 37.0 Å². The molecule has 7 rings (SSSR count). The first-order valence-electron chi connectivity index (χ1n) is 16.9. The van der Waals surface area contributed by atoms with Gasteiger partial charge >= 0.3 is 0 Å². The van der Waals surface area contributed by atoms with Crippen LogP contribution in [-0.2, 0) is 0 Å². The molecule has 1 fully saturated rings. The zero-order valence-corrected chi connectivity index (χ0v) is 30.4. The second kappa shape index (κ2) is 15.1. The predicted octanol–water partition coefficient (Wildman–Crippen LogP) is 7.11. The fourth-order valence-electron chi connectivity index (χ4n) is 7.62. The maximum Gasteiger partial charge on any atom is 0.147 e. The monoisotopic (exact) mass is 715 g/mol. The van der Waals surface area contributed by atoms with Crippen molar-refractivity contribution in [2.45, 2.75) is 95.9 Å². The van der Waals surface area contributed by atoms with E-state index in [4.69, 9.17) is 9.97 Å². The Morgan fingerprint density at radius 1 is 0.543 bits per heavy atom. The van der Waals surface area contributed by atoms with E-state index in [1.165, 1.54) is 95.2 Å². The van der Waals surface area contributed by atoms with E-state index in [1.807, 2.05) is 35.9 Å². The van der Waals surface area contributed by atoms with Crippen LogP contribution in [0.5, 0.6) is 0 Å². The Kier molecular flexibility index (Phi) is 11.0. The third kappa shape index (κ3) is 7.30. The number of fused-ring (bicyclic) bond motifs is 4. The number of para-hydroxylation sites is 2. The lowest BCUT2D eigenvalue weighted by Gasteiger charge is -2.45. The summed E-state index contributed by atoms with van der Waals surface area (Å²) in [5, 5.41) is 0. The fraction of sp³-hybridized carbons (Fsp3) is 0.421. The Hall–Kier alpha value is -2.52. The highest BCUT2D eigenvalue weighted by molar-refractivity contribution is 8.00. The molecule has 0 N–H and O–H groups in total. The van der Waals surface area contributed by atoms with Gasteiger partial charge in [-0.25, -0.2) is 9.97 Å². The molecule has 4 aromatic rings. The van der Waals surface area contributed by atoms with Crippen molar-refractivity contribution in [3.63, 3.8) is 0 Å². The normalized spacial score (nSPS) is 21.7. The Labute approximate surface area is 294 Å². The largest absolute Gasteiger partial charge is 1.00 e. The first kappa shape index (κ1) is 33.4. The number of hydrogen-bond donors (Lipinski definition) is 0. The molecule has 0 aliphatic carbocycles. The van der Waals surface area contributed by atoms with Crippen molar-refractivity contribution >= 4 is 46.5 Å². The van der Waals surface area contributed by atoms with Crippen LogP contribution in [0.25, 0.3) is 0 Å². The standard InChI is InChI=1S/C38H46N5S2.BrH/c1-43(2)27-29(41-31-19-11-13-21-33(31)44-35-23-15-25-39-37(35)41)17-9-7-5-3-4-6-8-10-18-30(28-43)42-32-20-12-14-22-34(32)45-36-24-16-26-40-38(36)42;/h11-16,19-26,29-30H,3-10,17-18,27-28H2,1-2H3;1H/q+1;/p-1. The molecular weight excluding hydrogens is 670 g/mol. The summed E-state index contributed by atoms with van der Waals surface area (Å²) in [5.74, 6) is 2.25. The lowest BCUT2D eigenvalue weighted by molar-refractivity contribution is -0.891. The summed E-state index contributed by atoms with van der Waals surface area (Å²) in [6.07, 6.45) is 16.9. The van der Waals surface area contributed by atoms with Crippen molar-refractivity contribution in [3.8, 4) is 0 Å². The van der Waals surface area contributed by atoms with Crippen LogP contribution >= 0.6 is 23.5 Å². The summed E-state index contributed by atoms with van der Waals surface area (Å²) < 4.78 is 0.942. The molecule has 46 heavy (non-hydrogen) atoms. The van der Waals surface area contributed by atoms with E-state index in [9.17, 15) is 0 Å². The number of aromatic nitrogens is 2. The Morgan fingerprint density at radius 2 is 0.935 bits per heavy atom. The minimum atomic E-state index is 0. The summed E-state index contributed by atoms with van der Waals surface area (Å²) in [7, 11) is 4.93. The molecule has 242 valence electrons. The van der Waals surface area contributed by atoms with Crippen LogP contribution in [0, 0.1) is 0 Å². The molecule has 0 amide bonds. The smallest absolute Gasteiger partial charge is 0.147 e. The second-order valence-corrected chi connectivity index (χ2v) is 15.7. The SMILES string of the molecule is C[N+]1(C)CC(N2c3ccccc3Sc3cccnc32)CCCCCCCCCCC(N2c3ccccc3Sc3cccnc32)C1.[Br-]. The predicted molar refractivity (Wildman–Crippen MR) is 189 cm³/mol. The number of nitrogens with zero attached hydrogens (tertiary/aromatic N) is 5. The number of quaternary nitrogens is 1. The maximum atomic E-state index is 5.01. The van der Waals surface area contributed by atoms with Gasteiger partial charge in [0, 0.05) is 22.2 Å². The van der Waals surface area contributed by atoms with Gasteiger partial charge in [-0.05, 0) is 61.4 Å². The summed E-state index contributed by atoms with van der Waals surface area (Å²) in [5.41, 5.74) is 2.63. The molecule has 0 saturated carbocycles. The molecule has 0 bridgehead atoms. The minimum absolute atomic E-state index is 0. The van der Waals surface area contributed by atoms with Crippen molar-refractivity contribution in [1.29, 1.82) is 0 Å². The van der Waals surface area contributed by atoms with Gasteiger partial charge < -0.3 is 31.3 Å². The van der Waals surface area contributed by atoms with Crippen molar-refractivity contribution in [3.05, 3.63) is 85.2 Å². The van der Waals surface area contributed by atoms with Gasteiger partial charge in [0.1, 0.15) is 11.6 Å². The second-order valence-electron chi connectivity index (χ2n) is 13.5. The van der Waals surface area contributed by atoms with Gasteiger partial charge in [-0.3, -0.25) is 0 Å². The molecule has 5 nitrogen and oxygen atoms in total. The van der Waals surface area contributed by atoms with Gasteiger partial charge in [0.2, 0.25) is 0 Å². The van der Waals surface area contributed by atoms with E-state index in [2.05, 4.69) is 96.7 Å². The maximum absolute atomic E-state index is 5.01. The number of pyridine rings is 2. The molecule has 0 spiro atoms. The van der Waals surface area contributed by atoms with Gasteiger partial charge in [0.15, 0.2) is 0 Å². The highest BCUT2D eigenvalue weighted by atomic mass is 79.9. The van der Waals surface area contributed by atoms with E-state index in [1.54, 1.807) is 0 Å². The van der Waals surface area contributed by atoms with Crippen LogP contribution in [0.4, 0.5) is 23.0 Å². The van der Waals surface area contributed by atoms with Crippen molar-refractivity contribution in [1.82, 2.24) is 9.97 Å². The van der Waals surface area contributed by atoms with Crippen LogP contribution in [0.3, 0.4) is 0 Å². The number of anilines is 4. The molecular formula is C38H46BrN5S2. The first-order valence-corrected chi connectivity index (χ1v) is 18.5. The topological polar surface area (TPSA) is 32.3 Å². The molecule has 2 unspecified atom stereocenters. The third-order valence-corrected chi connectivity index (χ3v) is 11.8. The summed E-state index contributed by atoms with van der Waals surface area (Å²) >= 11 is 3.72. The molecule has 2 atom stereocenters. The number of halogens is 1. The van der Waals surface area contributed by atoms with Gasteiger partial charge in [-0.2, -0.15) is 0 Å². The Bertz CT molecular complexity index is 1410. The zero-order chi connectivity index (χ0) is 30.6. The number of hydrogen-bond acceptors (Lipinski definition) is 6. The molecule has 2 aromatic carbocycles. The van der Waals surface area contributed by atoms with Gasteiger partial charge in [0.25, 0.3) is 0 Å². The number of benzene rings is 2.